The maximum Gasteiger partial charge on any atom is 0.224 e. The van der Waals surface area contributed by atoms with E-state index in [2.05, 4.69) is 50.4 Å². The molecule has 1 aliphatic heterocycles. The third kappa shape index (κ3) is 1.39. The van der Waals surface area contributed by atoms with Crippen molar-refractivity contribution in [3.05, 3.63) is 70.5 Å². The van der Waals surface area contributed by atoms with Gasteiger partial charge in [-0.05, 0) is 12.5 Å². The van der Waals surface area contributed by atoms with Gasteiger partial charge in [-0.1, -0.05) is 30.3 Å². The number of benzene rings is 2. The number of aryl methyl sites for hydroxylation is 1. The zero-order valence-corrected chi connectivity index (χ0v) is 11.5. The van der Waals surface area contributed by atoms with Crippen molar-refractivity contribution in [1.82, 2.24) is 4.68 Å². The Bertz CT molecular complexity index is 996. The quantitative estimate of drug-likeness (QED) is 0.343. The molecule has 4 rings (SSSR count). The Labute approximate surface area is 122 Å². The first-order chi connectivity index (χ1) is 10.2. The van der Waals surface area contributed by atoms with Gasteiger partial charge in [-0.2, -0.15) is 0 Å². The van der Waals surface area contributed by atoms with Crippen molar-refractivity contribution in [2.45, 2.75) is 13.5 Å². The van der Waals surface area contributed by atoms with E-state index in [0.29, 0.717) is 11.4 Å². The summed E-state index contributed by atoms with van der Waals surface area (Å²) in [4.78, 5) is 7.11. The highest BCUT2D eigenvalue weighted by atomic mass is 15.4. The van der Waals surface area contributed by atoms with Gasteiger partial charge in [0.2, 0.25) is 11.9 Å². The molecule has 4 nitrogen and oxygen atoms in total. The van der Waals surface area contributed by atoms with Crippen molar-refractivity contribution in [1.29, 1.82) is 0 Å². The maximum atomic E-state index is 7.47. The fourth-order valence-electron chi connectivity index (χ4n) is 3.14. The van der Waals surface area contributed by atoms with Crippen LogP contribution in [0.1, 0.15) is 11.1 Å². The van der Waals surface area contributed by atoms with Gasteiger partial charge in [-0.3, -0.25) is 4.85 Å². The van der Waals surface area contributed by atoms with Crippen LogP contribution < -0.4 is 4.68 Å². The average Bonchev–Trinajstić information content (AvgIpc) is 3.01. The Balaban J connectivity index is 2.20. The Morgan fingerprint density at radius 2 is 2.00 bits per heavy atom. The van der Waals surface area contributed by atoms with Crippen molar-refractivity contribution >= 4 is 22.3 Å². The lowest BCUT2D eigenvalue weighted by molar-refractivity contribution is -0.749. The summed E-state index contributed by atoms with van der Waals surface area (Å²) in [5, 5.41) is 1.00. The first-order valence-corrected chi connectivity index (χ1v) is 6.66. The van der Waals surface area contributed by atoms with Gasteiger partial charge in [0.15, 0.2) is 12.2 Å². The number of hydrogen-bond acceptors (Lipinski definition) is 0. The lowest BCUT2D eigenvalue weighted by Gasteiger charge is -2.04. The molecule has 0 unspecified atom stereocenters. The molecule has 98 valence electrons. The smallest absolute Gasteiger partial charge is 0.224 e. The van der Waals surface area contributed by atoms with E-state index in [1.165, 1.54) is 11.1 Å². The SMILES string of the molecule is [C-]#[N+]c1ccc2c[n+]3n(c2c1[N+]#[C-])-c1c(C)cccc1C3. The molecular weight excluding hydrogens is 260 g/mol. The lowest BCUT2D eigenvalue weighted by atomic mass is 10.1. The summed E-state index contributed by atoms with van der Waals surface area (Å²) in [5.41, 5.74) is 5.27. The topological polar surface area (TPSA) is 17.5 Å². The third-order valence-corrected chi connectivity index (χ3v) is 4.02. The van der Waals surface area contributed by atoms with Crippen LogP contribution in [-0.4, -0.2) is 4.68 Å². The van der Waals surface area contributed by atoms with E-state index in [9.17, 15) is 0 Å². The molecule has 0 amide bonds. The molecule has 0 N–H and O–H groups in total. The number of nitrogens with zero attached hydrogens (tertiary/aromatic N) is 4. The molecule has 1 aliphatic rings. The number of hydrogen-bond donors (Lipinski definition) is 0. The van der Waals surface area contributed by atoms with Crippen LogP contribution in [0.4, 0.5) is 11.4 Å². The summed E-state index contributed by atoms with van der Waals surface area (Å²) >= 11 is 0. The van der Waals surface area contributed by atoms with Crippen molar-refractivity contribution < 1.29 is 4.68 Å². The second kappa shape index (κ2) is 3.94. The molecule has 21 heavy (non-hydrogen) atoms. The van der Waals surface area contributed by atoms with Crippen LogP contribution in [0.5, 0.6) is 0 Å². The van der Waals surface area contributed by atoms with Crippen molar-refractivity contribution in [3.8, 4) is 5.69 Å². The summed E-state index contributed by atoms with van der Waals surface area (Å²) in [6.07, 6.45) is 2.05. The fraction of sp³-hybridized carbons (Fsp3) is 0.118. The van der Waals surface area contributed by atoms with E-state index < -0.39 is 0 Å². The van der Waals surface area contributed by atoms with Crippen LogP contribution in [0.15, 0.2) is 36.5 Å². The summed E-state index contributed by atoms with van der Waals surface area (Å²) in [6, 6.07) is 9.91. The van der Waals surface area contributed by atoms with E-state index in [4.69, 9.17) is 13.1 Å². The van der Waals surface area contributed by atoms with Crippen molar-refractivity contribution in [2.24, 2.45) is 0 Å². The Morgan fingerprint density at radius 3 is 2.76 bits per heavy atom. The van der Waals surface area contributed by atoms with E-state index in [1.807, 2.05) is 6.07 Å². The predicted octanol–water partition coefficient (Wildman–Crippen LogP) is 3.69. The predicted molar refractivity (Wildman–Crippen MR) is 79.8 cm³/mol. The molecule has 0 aliphatic carbocycles. The number of rotatable bonds is 0. The van der Waals surface area contributed by atoms with Gasteiger partial charge in [0.1, 0.15) is 11.2 Å². The highest BCUT2D eigenvalue weighted by Gasteiger charge is 2.31. The monoisotopic (exact) mass is 271 g/mol. The van der Waals surface area contributed by atoms with Gasteiger partial charge < -0.3 is 0 Å². The highest BCUT2D eigenvalue weighted by Crippen LogP contribution is 2.38. The lowest BCUT2D eigenvalue weighted by Crippen LogP contribution is -2.36. The second-order valence-corrected chi connectivity index (χ2v) is 5.22. The van der Waals surface area contributed by atoms with Crippen LogP contribution in [-0.2, 0) is 6.54 Å². The van der Waals surface area contributed by atoms with E-state index >= 15 is 0 Å². The minimum absolute atomic E-state index is 0.418. The maximum absolute atomic E-state index is 7.47. The van der Waals surface area contributed by atoms with Gasteiger partial charge in [0.25, 0.3) is 0 Å². The number of fused-ring (bicyclic) bond motifs is 5. The molecule has 3 aromatic rings. The number of para-hydroxylation sites is 1. The van der Waals surface area contributed by atoms with Gasteiger partial charge in [-0.25, -0.2) is 4.85 Å². The van der Waals surface area contributed by atoms with Gasteiger partial charge in [0, 0.05) is 5.56 Å². The van der Waals surface area contributed by atoms with Crippen LogP contribution >= 0.6 is 0 Å². The summed E-state index contributed by atoms with van der Waals surface area (Å²) in [7, 11) is 0. The largest absolute Gasteiger partial charge is 0.250 e. The summed E-state index contributed by atoms with van der Waals surface area (Å²) in [6.45, 7) is 17.6. The highest BCUT2D eigenvalue weighted by molar-refractivity contribution is 5.99. The molecule has 0 radical (unpaired) electrons. The Morgan fingerprint density at radius 1 is 1.14 bits per heavy atom. The van der Waals surface area contributed by atoms with E-state index in [-0.39, 0.29) is 0 Å². The Hall–Kier alpha value is -3.11. The van der Waals surface area contributed by atoms with Gasteiger partial charge >= 0.3 is 0 Å². The summed E-state index contributed by atoms with van der Waals surface area (Å²) < 4.78 is 4.20. The van der Waals surface area contributed by atoms with Crippen molar-refractivity contribution in [3.63, 3.8) is 0 Å². The molecule has 0 saturated heterocycles. The number of aromatic nitrogens is 2. The second-order valence-electron chi connectivity index (χ2n) is 5.22. The van der Waals surface area contributed by atoms with Crippen molar-refractivity contribution in [2.75, 3.05) is 0 Å². The van der Waals surface area contributed by atoms with Gasteiger partial charge in [-0.15, -0.1) is 9.36 Å². The minimum atomic E-state index is 0.418. The van der Waals surface area contributed by atoms with E-state index in [0.717, 1.165) is 23.1 Å². The zero-order valence-electron chi connectivity index (χ0n) is 11.5. The average molecular weight is 271 g/mol. The minimum Gasteiger partial charge on any atom is -0.250 e. The standard InChI is InChI=1S/C17H11N4/c1-11-5-4-6-12-9-20-10-13-7-8-14(18-2)15(19-3)17(13)21(20)16(11)12/h4-8,10H,9H2,1H3/q+1. The first kappa shape index (κ1) is 11.7. The van der Waals surface area contributed by atoms with Crippen LogP contribution in [0.2, 0.25) is 0 Å². The van der Waals surface area contributed by atoms with Crippen LogP contribution in [0, 0.1) is 20.1 Å². The first-order valence-electron chi connectivity index (χ1n) is 6.66. The van der Waals surface area contributed by atoms with Gasteiger partial charge in [0.05, 0.1) is 18.5 Å². The molecular formula is C17H11N4+. The molecule has 4 heteroatoms. The third-order valence-electron chi connectivity index (χ3n) is 4.02. The van der Waals surface area contributed by atoms with E-state index in [1.54, 1.807) is 6.07 Å². The molecule has 2 aromatic carbocycles. The molecule has 0 spiro atoms. The Kier molecular flexibility index (Phi) is 2.20. The fourth-order valence-corrected chi connectivity index (χ4v) is 3.14. The molecule has 0 bridgehead atoms. The van der Waals surface area contributed by atoms with Crippen LogP contribution in [0.3, 0.4) is 0 Å². The molecule has 1 aromatic heterocycles. The molecule has 0 saturated carbocycles. The zero-order chi connectivity index (χ0) is 14.6. The van der Waals surface area contributed by atoms with Crippen LogP contribution in [0.25, 0.3) is 26.3 Å². The molecule has 2 heterocycles. The molecule has 0 fully saturated rings. The summed E-state index contributed by atoms with van der Waals surface area (Å²) in [5.74, 6) is 0. The normalized spacial score (nSPS) is 11.8. The molecule has 0 atom stereocenters.